The van der Waals surface area contributed by atoms with Gasteiger partial charge in [-0.1, -0.05) is 150 Å². The summed E-state index contributed by atoms with van der Waals surface area (Å²) in [5.74, 6) is -0.0104. The van der Waals surface area contributed by atoms with E-state index in [1.165, 1.54) is 67.8 Å². The summed E-state index contributed by atoms with van der Waals surface area (Å²) in [5.41, 5.74) is 2.24. The SMILES string of the molecule is CCCCCCCCCCCCC(C(=O)Nc1ccc(Cl)c(Nc2cc(=O)n(-c3c(Cl)cc(Cl)cc3Cl)[nH]2)c1)c1ccc(O)c(C(C)(C)C)c1. The molecule has 0 bridgehead atoms. The van der Waals surface area contributed by atoms with Crippen molar-refractivity contribution in [1.82, 2.24) is 9.78 Å². The predicted octanol–water partition coefficient (Wildman–Crippen LogP) is 12.6. The van der Waals surface area contributed by atoms with Crippen LogP contribution in [0.3, 0.4) is 0 Å². The normalized spacial score (nSPS) is 12.2. The Kier molecular flexibility index (Phi) is 14.6. The molecule has 0 aliphatic rings. The number of halogens is 4. The van der Waals surface area contributed by atoms with Crippen LogP contribution in [0.4, 0.5) is 17.2 Å². The first-order valence-electron chi connectivity index (χ1n) is 17.5. The molecule has 0 fully saturated rings. The molecule has 1 unspecified atom stereocenters. The highest BCUT2D eigenvalue weighted by atomic mass is 35.5. The molecular formula is C39H48Cl4N4O3. The van der Waals surface area contributed by atoms with E-state index in [1.807, 2.05) is 32.9 Å². The van der Waals surface area contributed by atoms with E-state index >= 15 is 0 Å². The number of aromatic amines is 1. The number of nitrogens with zero attached hydrogens (tertiary/aromatic N) is 1. The lowest BCUT2D eigenvalue weighted by Crippen LogP contribution is -2.22. The number of anilines is 3. The summed E-state index contributed by atoms with van der Waals surface area (Å²) < 4.78 is 1.21. The van der Waals surface area contributed by atoms with Crippen molar-refractivity contribution < 1.29 is 9.90 Å². The molecule has 0 saturated carbocycles. The molecule has 1 atom stereocenters. The van der Waals surface area contributed by atoms with Crippen molar-refractivity contribution in [2.45, 2.75) is 110 Å². The van der Waals surface area contributed by atoms with Gasteiger partial charge in [0.25, 0.3) is 5.56 Å². The van der Waals surface area contributed by atoms with Crippen LogP contribution in [0.1, 0.15) is 115 Å². The number of amides is 1. The molecule has 3 aromatic carbocycles. The van der Waals surface area contributed by atoms with Gasteiger partial charge in [0.05, 0.1) is 26.7 Å². The molecule has 7 nitrogen and oxygen atoms in total. The minimum absolute atomic E-state index is 0.147. The second kappa shape index (κ2) is 18.4. The maximum absolute atomic E-state index is 14.0. The Labute approximate surface area is 315 Å². The Morgan fingerprint density at radius 2 is 1.44 bits per heavy atom. The van der Waals surface area contributed by atoms with E-state index in [0.717, 1.165) is 30.4 Å². The van der Waals surface area contributed by atoms with Crippen molar-refractivity contribution in [3.8, 4) is 11.4 Å². The summed E-state index contributed by atoms with van der Waals surface area (Å²) in [6, 6.07) is 15.0. The first kappa shape index (κ1) is 39.7. The Balaban J connectivity index is 1.49. The zero-order valence-electron chi connectivity index (χ0n) is 29.3. The number of benzene rings is 3. The summed E-state index contributed by atoms with van der Waals surface area (Å²) in [4.78, 5) is 26.9. The largest absolute Gasteiger partial charge is 0.508 e. The van der Waals surface area contributed by atoms with Crippen molar-refractivity contribution in [1.29, 1.82) is 0 Å². The van der Waals surface area contributed by atoms with Gasteiger partial charge in [0.1, 0.15) is 17.3 Å². The van der Waals surface area contributed by atoms with Gasteiger partial charge in [-0.05, 0) is 59.4 Å². The van der Waals surface area contributed by atoms with E-state index < -0.39 is 11.5 Å². The summed E-state index contributed by atoms with van der Waals surface area (Å²) in [5, 5.41) is 21.0. The van der Waals surface area contributed by atoms with Gasteiger partial charge in [0.2, 0.25) is 5.91 Å². The van der Waals surface area contributed by atoms with E-state index in [9.17, 15) is 14.7 Å². The predicted molar refractivity (Wildman–Crippen MR) is 211 cm³/mol. The third-order valence-corrected chi connectivity index (χ3v) is 9.95. The monoisotopic (exact) mass is 760 g/mol. The van der Waals surface area contributed by atoms with Crippen molar-refractivity contribution in [3.05, 3.63) is 96.2 Å². The molecule has 50 heavy (non-hydrogen) atoms. The summed E-state index contributed by atoms with van der Waals surface area (Å²) in [7, 11) is 0. The quantitative estimate of drug-likeness (QED) is 0.0805. The molecule has 0 radical (unpaired) electrons. The summed E-state index contributed by atoms with van der Waals surface area (Å²) in [6.45, 7) is 8.38. The number of phenolic OH excluding ortho intramolecular Hbond substituents is 1. The van der Waals surface area contributed by atoms with Crippen LogP contribution in [-0.2, 0) is 10.2 Å². The van der Waals surface area contributed by atoms with Crippen LogP contribution >= 0.6 is 46.4 Å². The second-order valence-corrected chi connectivity index (χ2v) is 15.6. The molecule has 1 heterocycles. The van der Waals surface area contributed by atoms with Crippen LogP contribution in [0, 0.1) is 0 Å². The van der Waals surface area contributed by atoms with Gasteiger partial charge in [0, 0.05) is 16.8 Å². The van der Waals surface area contributed by atoms with Crippen molar-refractivity contribution in [2.24, 2.45) is 0 Å². The second-order valence-electron chi connectivity index (χ2n) is 13.9. The topological polar surface area (TPSA) is 99.2 Å². The highest BCUT2D eigenvalue weighted by Gasteiger charge is 2.25. The fraction of sp³-hybridized carbons (Fsp3) is 0.436. The Morgan fingerprint density at radius 3 is 2.06 bits per heavy atom. The molecular weight excluding hydrogens is 714 g/mol. The smallest absolute Gasteiger partial charge is 0.273 e. The number of nitrogens with one attached hydrogen (secondary N) is 3. The number of hydrogen-bond donors (Lipinski definition) is 4. The summed E-state index contributed by atoms with van der Waals surface area (Å²) >= 11 is 25.3. The average molecular weight is 763 g/mol. The number of phenols is 1. The molecule has 0 aliphatic heterocycles. The number of aromatic nitrogens is 2. The third kappa shape index (κ3) is 10.9. The maximum atomic E-state index is 14.0. The van der Waals surface area contributed by atoms with Gasteiger partial charge < -0.3 is 15.7 Å². The van der Waals surface area contributed by atoms with Gasteiger partial charge in [-0.3, -0.25) is 14.7 Å². The van der Waals surface area contributed by atoms with Gasteiger partial charge in [-0.15, -0.1) is 0 Å². The molecule has 1 amide bonds. The fourth-order valence-electron chi connectivity index (χ4n) is 6.10. The Bertz CT molecular complexity index is 1790. The van der Waals surface area contributed by atoms with Crippen LogP contribution in [0.2, 0.25) is 20.1 Å². The van der Waals surface area contributed by atoms with Gasteiger partial charge in [-0.25, -0.2) is 4.68 Å². The first-order valence-corrected chi connectivity index (χ1v) is 19.0. The van der Waals surface area contributed by atoms with Crippen LogP contribution in [0.15, 0.2) is 59.4 Å². The Hall–Kier alpha value is -3.10. The number of unbranched alkanes of at least 4 members (excludes halogenated alkanes) is 9. The lowest BCUT2D eigenvalue weighted by Gasteiger charge is -2.24. The minimum atomic E-state index is -0.419. The molecule has 0 saturated heterocycles. The van der Waals surface area contributed by atoms with Gasteiger partial charge >= 0.3 is 0 Å². The van der Waals surface area contributed by atoms with Crippen molar-refractivity contribution >= 4 is 69.5 Å². The Morgan fingerprint density at radius 1 is 0.820 bits per heavy atom. The lowest BCUT2D eigenvalue weighted by atomic mass is 9.82. The molecule has 0 aliphatic carbocycles. The number of carbonyl (C=O) groups excluding carboxylic acids is 1. The first-order chi connectivity index (χ1) is 23.8. The molecule has 4 rings (SSSR count). The molecule has 0 spiro atoms. The average Bonchev–Trinajstić information content (AvgIpc) is 3.39. The van der Waals surface area contributed by atoms with Crippen molar-refractivity contribution in [3.63, 3.8) is 0 Å². The molecule has 4 aromatic rings. The fourth-order valence-corrected chi connectivity index (χ4v) is 7.25. The highest BCUT2D eigenvalue weighted by Crippen LogP contribution is 2.36. The number of H-pyrrole nitrogens is 1. The van der Waals surface area contributed by atoms with E-state index in [-0.39, 0.29) is 32.8 Å². The number of aromatic hydroxyl groups is 1. The van der Waals surface area contributed by atoms with Crippen molar-refractivity contribution in [2.75, 3.05) is 10.6 Å². The van der Waals surface area contributed by atoms with E-state index in [1.54, 1.807) is 24.3 Å². The van der Waals surface area contributed by atoms with Crippen LogP contribution in [0.5, 0.6) is 5.75 Å². The molecule has 4 N–H and O–H groups in total. The number of hydrogen-bond acceptors (Lipinski definition) is 4. The zero-order chi connectivity index (χ0) is 36.4. The lowest BCUT2D eigenvalue weighted by molar-refractivity contribution is -0.117. The zero-order valence-corrected chi connectivity index (χ0v) is 32.3. The van der Waals surface area contributed by atoms with Crippen LogP contribution < -0.4 is 16.2 Å². The number of carbonyl (C=O) groups is 1. The van der Waals surface area contributed by atoms with E-state index in [4.69, 9.17) is 46.4 Å². The minimum Gasteiger partial charge on any atom is -0.508 e. The van der Waals surface area contributed by atoms with Crippen LogP contribution in [-0.4, -0.2) is 20.8 Å². The molecule has 1 aromatic heterocycles. The maximum Gasteiger partial charge on any atom is 0.273 e. The highest BCUT2D eigenvalue weighted by molar-refractivity contribution is 6.40. The molecule has 270 valence electrons. The van der Waals surface area contributed by atoms with E-state index in [0.29, 0.717) is 33.7 Å². The standard InChI is InChI=1S/C39H48Cl4N4O3/c1-5-6-7-8-9-10-11-12-13-14-15-28(25-16-19-34(48)29(20-25)39(2,3)4)38(50)44-27-17-18-30(41)33(23-27)45-35-24-36(49)47(46-35)37-31(42)21-26(40)22-32(37)43/h16-24,28,45-46,48H,5-15H2,1-4H3,(H,44,50). The third-order valence-electron chi connectivity index (χ3n) is 8.82. The number of rotatable bonds is 17. The summed E-state index contributed by atoms with van der Waals surface area (Å²) in [6.07, 6.45) is 12.8. The van der Waals surface area contributed by atoms with Gasteiger partial charge in [-0.2, -0.15) is 0 Å². The van der Waals surface area contributed by atoms with Gasteiger partial charge in [0.15, 0.2) is 0 Å². The van der Waals surface area contributed by atoms with Crippen LogP contribution in [0.25, 0.3) is 5.69 Å². The van der Waals surface area contributed by atoms with E-state index in [2.05, 4.69) is 22.7 Å². The molecule has 11 heteroatoms.